The van der Waals surface area contributed by atoms with Gasteiger partial charge in [0.2, 0.25) is 0 Å². The molecule has 1 heterocycles. The molecule has 2 aromatic rings. The minimum absolute atomic E-state index is 0.0932. The van der Waals surface area contributed by atoms with E-state index in [1.54, 1.807) is 7.11 Å². The van der Waals surface area contributed by atoms with Crippen LogP contribution in [0.1, 0.15) is 48.5 Å². The van der Waals surface area contributed by atoms with E-state index in [0.29, 0.717) is 18.8 Å². The summed E-state index contributed by atoms with van der Waals surface area (Å²) in [6.07, 6.45) is 4.56. The van der Waals surface area contributed by atoms with E-state index >= 15 is 0 Å². The highest BCUT2D eigenvalue weighted by atomic mass is 16.5. The van der Waals surface area contributed by atoms with Crippen LogP contribution >= 0.6 is 0 Å². The van der Waals surface area contributed by atoms with Gasteiger partial charge in [0.1, 0.15) is 23.9 Å². The lowest BCUT2D eigenvalue weighted by Gasteiger charge is -2.21. The molecule has 0 N–H and O–H groups in total. The summed E-state index contributed by atoms with van der Waals surface area (Å²) in [6, 6.07) is 13.1. The number of ether oxygens (including phenoxy) is 3. The van der Waals surface area contributed by atoms with Gasteiger partial charge in [-0.05, 0) is 62.2 Å². The number of methoxy groups -OCH3 is 1. The zero-order chi connectivity index (χ0) is 19.8. The summed E-state index contributed by atoms with van der Waals surface area (Å²) in [4.78, 5) is 14.9. The molecule has 1 saturated heterocycles. The Morgan fingerprint density at radius 1 is 0.929 bits per heavy atom. The molecule has 1 amide bonds. The van der Waals surface area contributed by atoms with Gasteiger partial charge in [-0.2, -0.15) is 0 Å². The first-order chi connectivity index (χ1) is 13.7. The highest BCUT2D eigenvalue weighted by molar-refractivity contribution is 5.94. The Balaban J connectivity index is 1.75. The topological polar surface area (TPSA) is 48.0 Å². The average molecular weight is 383 g/mol. The summed E-state index contributed by atoms with van der Waals surface area (Å²) >= 11 is 0. The molecule has 0 aliphatic carbocycles. The van der Waals surface area contributed by atoms with Crippen molar-refractivity contribution in [2.24, 2.45) is 0 Å². The zero-order valence-corrected chi connectivity index (χ0v) is 16.8. The largest absolute Gasteiger partial charge is 0.497 e. The maximum atomic E-state index is 12.9. The minimum Gasteiger partial charge on any atom is -0.497 e. The van der Waals surface area contributed by atoms with Crippen molar-refractivity contribution in [3.8, 4) is 17.2 Å². The normalized spacial score (nSPS) is 14.3. The number of amides is 1. The molecule has 0 saturated carbocycles. The quantitative estimate of drug-likeness (QED) is 0.696. The summed E-state index contributed by atoms with van der Waals surface area (Å²) < 4.78 is 16.8. The molecule has 28 heavy (non-hydrogen) atoms. The predicted molar refractivity (Wildman–Crippen MR) is 109 cm³/mol. The lowest BCUT2D eigenvalue weighted by molar-refractivity contribution is 0.0761. The molecular formula is C23H29NO4. The molecule has 1 aliphatic heterocycles. The van der Waals surface area contributed by atoms with E-state index in [4.69, 9.17) is 14.2 Å². The highest BCUT2D eigenvalue weighted by Gasteiger charge is 2.19. The van der Waals surface area contributed by atoms with Crippen molar-refractivity contribution in [2.75, 3.05) is 26.8 Å². The standard InChI is InChI=1S/C23H29NO4/c1-3-27-22-13-8-18(23(25)24-14-6-4-5-7-15-24)16-19(22)17-28-21-11-9-20(26-2)10-12-21/h8-13,16H,3-7,14-15,17H2,1-2H3. The number of hydrogen-bond donors (Lipinski definition) is 0. The lowest BCUT2D eigenvalue weighted by atomic mass is 10.1. The molecule has 1 aliphatic rings. The average Bonchev–Trinajstić information content (AvgIpc) is 3.02. The molecule has 0 aromatic heterocycles. The fraction of sp³-hybridized carbons (Fsp3) is 0.435. The molecule has 2 aromatic carbocycles. The molecular weight excluding hydrogens is 354 g/mol. The second kappa shape index (κ2) is 10.0. The van der Waals surface area contributed by atoms with Crippen LogP contribution in [-0.2, 0) is 6.61 Å². The van der Waals surface area contributed by atoms with E-state index in [0.717, 1.165) is 48.7 Å². The molecule has 0 radical (unpaired) electrons. The third-order valence-electron chi connectivity index (χ3n) is 4.95. The lowest BCUT2D eigenvalue weighted by Crippen LogP contribution is -2.31. The molecule has 0 atom stereocenters. The van der Waals surface area contributed by atoms with Crippen molar-refractivity contribution >= 4 is 5.91 Å². The van der Waals surface area contributed by atoms with Gasteiger partial charge in [0.25, 0.3) is 5.91 Å². The van der Waals surface area contributed by atoms with E-state index in [9.17, 15) is 4.79 Å². The van der Waals surface area contributed by atoms with E-state index in [-0.39, 0.29) is 5.91 Å². The molecule has 0 unspecified atom stereocenters. The van der Waals surface area contributed by atoms with E-state index in [1.165, 1.54) is 12.8 Å². The molecule has 5 heteroatoms. The van der Waals surface area contributed by atoms with Gasteiger partial charge in [0, 0.05) is 24.2 Å². The van der Waals surface area contributed by atoms with Crippen molar-refractivity contribution in [1.82, 2.24) is 4.90 Å². The Morgan fingerprint density at radius 2 is 1.61 bits per heavy atom. The fourth-order valence-electron chi connectivity index (χ4n) is 3.41. The zero-order valence-electron chi connectivity index (χ0n) is 16.8. The van der Waals surface area contributed by atoms with E-state index < -0.39 is 0 Å². The molecule has 3 rings (SSSR count). The van der Waals surface area contributed by atoms with Crippen LogP contribution in [0, 0.1) is 0 Å². The maximum absolute atomic E-state index is 12.9. The number of rotatable bonds is 7. The van der Waals surface area contributed by atoms with Crippen LogP contribution in [0.2, 0.25) is 0 Å². The Kier molecular flexibility index (Phi) is 7.18. The van der Waals surface area contributed by atoms with Crippen LogP contribution in [0.3, 0.4) is 0 Å². The van der Waals surface area contributed by atoms with Crippen LogP contribution in [0.25, 0.3) is 0 Å². The first-order valence-electron chi connectivity index (χ1n) is 10.0. The SMILES string of the molecule is CCOc1ccc(C(=O)N2CCCCCC2)cc1COc1ccc(OC)cc1. The smallest absolute Gasteiger partial charge is 0.253 e. The number of carbonyl (C=O) groups excluding carboxylic acids is 1. The van der Waals surface area contributed by atoms with Gasteiger partial charge in [-0.25, -0.2) is 0 Å². The van der Waals surface area contributed by atoms with E-state index in [2.05, 4.69) is 0 Å². The first-order valence-corrected chi connectivity index (χ1v) is 10.0. The van der Waals surface area contributed by atoms with Gasteiger partial charge in [0.05, 0.1) is 13.7 Å². The molecule has 0 bridgehead atoms. The summed E-state index contributed by atoms with van der Waals surface area (Å²) in [7, 11) is 1.64. The molecule has 150 valence electrons. The Bertz CT molecular complexity index is 765. The molecule has 5 nitrogen and oxygen atoms in total. The van der Waals surface area contributed by atoms with Crippen LogP contribution in [0.15, 0.2) is 42.5 Å². The summed E-state index contributed by atoms with van der Waals surface area (Å²) in [5.74, 6) is 2.37. The van der Waals surface area contributed by atoms with Crippen molar-refractivity contribution in [1.29, 1.82) is 0 Å². The van der Waals surface area contributed by atoms with Gasteiger partial charge in [-0.15, -0.1) is 0 Å². The van der Waals surface area contributed by atoms with Crippen LogP contribution in [0.4, 0.5) is 0 Å². The van der Waals surface area contributed by atoms with Gasteiger partial charge in [-0.3, -0.25) is 4.79 Å². The Labute approximate surface area is 167 Å². The summed E-state index contributed by atoms with van der Waals surface area (Å²) in [5.41, 5.74) is 1.57. The van der Waals surface area contributed by atoms with Gasteiger partial charge < -0.3 is 19.1 Å². The summed E-state index contributed by atoms with van der Waals surface area (Å²) in [5, 5.41) is 0. The van der Waals surface area contributed by atoms with Crippen molar-refractivity contribution in [2.45, 2.75) is 39.2 Å². The monoisotopic (exact) mass is 383 g/mol. The number of hydrogen-bond acceptors (Lipinski definition) is 4. The second-order valence-corrected chi connectivity index (χ2v) is 6.93. The van der Waals surface area contributed by atoms with Crippen molar-refractivity contribution in [3.63, 3.8) is 0 Å². The number of carbonyl (C=O) groups is 1. The molecule has 0 spiro atoms. The Hall–Kier alpha value is -2.69. The van der Waals surface area contributed by atoms with Crippen molar-refractivity contribution < 1.29 is 19.0 Å². The summed E-state index contributed by atoms with van der Waals surface area (Å²) in [6.45, 7) is 4.52. The number of nitrogens with zero attached hydrogens (tertiary/aromatic N) is 1. The van der Waals surface area contributed by atoms with Crippen LogP contribution in [0.5, 0.6) is 17.2 Å². The third kappa shape index (κ3) is 5.18. The minimum atomic E-state index is 0.0932. The van der Waals surface area contributed by atoms with Crippen LogP contribution < -0.4 is 14.2 Å². The van der Waals surface area contributed by atoms with Gasteiger partial charge in [-0.1, -0.05) is 12.8 Å². The number of likely N-dealkylation sites (tertiary alicyclic amines) is 1. The van der Waals surface area contributed by atoms with Crippen molar-refractivity contribution in [3.05, 3.63) is 53.6 Å². The van der Waals surface area contributed by atoms with Gasteiger partial charge in [0.15, 0.2) is 0 Å². The number of benzene rings is 2. The highest BCUT2D eigenvalue weighted by Crippen LogP contribution is 2.25. The molecule has 1 fully saturated rings. The maximum Gasteiger partial charge on any atom is 0.253 e. The fourth-order valence-corrected chi connectivity index (χ4v) is 3.41. The predicted octanol–water partition coefficient (Wildman–Crippen LogP) is 4.69. The van der Waals surface area contributed by atoms with E-state index in [1.807, 2.05) is 54.3 Å². The van der Waals surface area contributed by atoms with Crippen LogP contribution in [-0.4, -0.2) is 37.6 Å². The first kappa shape index (κ1) is 20.1. The van der Waals surface area contributed by atoms with Gasteiger partial charge >= 0.3 is 0 Å². The second-order valence-electron chi connectivity index (χ2n) is 6.93. The third-order valence-corrected chi connectivity index (χ3v) is 4.95. The Morgan fingerprint density at radius 3 is 2.25 bits per heavy atom.